The molecule has 1 aliphatic carbocycles. The van der Waals surface area contributed by atoms with E-state index in [1.165, 1.54) is 13.2 Å². The van der Waals surface area contributed by atoms with E-state index in [1.807, 2.05) is 6.07 Å². The van der Waals surface area contributed by atoms with Crippen molar-refractivity contribution in [2.75, 3.05) is 12.4 Å². The van der Waals surface area contributed by atoms with E-state index < -0.39 is 5.91 Å². The number of aliphatic hydroxyl groups excluding tert-OH is 1. The second kappa shape index (κ2) is 10.3. The van der Waals surface area contributed by atoms with E-state index in [0.717, 1.165) is 5.56 Å². The minimum atomic E-state index is -0.418. The van der Waals surface area contributed by atoms with Gasteiger partial charge in [0, 0.05) is 12.5 Å². The van der Waals surface area contributed by atoms with Crippen molar-refractivity contribution in [1.29, 1.82) is 5.26 Å². The predicted molar refractivity (Wildman–Crippen MR) is 117 cm³/mol. The van der Waals surface area contributed by atoms with E-state index in [-0.39, 0.29) is 30.0 Å². The lowest BCUT2D eigenvalue weighted by Crippen LogP contribution is -2.30. The molecule has 3 N–H and O–H groups in total. The van der Waals surface area contributed by atoms with Gasteiger partial charge in [0.25, 0.3) is 5.91 Å². The highest BCUT2D eigenvalue weighted by atomic mass is 35.5. The van der Waals surface area contributed by atoms with Crippen LogP contribution in [0, 0.1) is 17.2 Å². The number of nitrogens with zero attached hydrogens (tertiary/aromatic N) is 1. The van der Waals surface area contributed by atoms with Crippen LogP contribution in [0.4, 0.5) is 5.69 Å². The minimum Gasteiger partial charge on any atom is -0.495 e. The van der Waals surface area contributed by atoms with E-state index in [1.54, 1.807) is 30.3 Å². The van der Waals surface area contributed by atoms with Gasteiger partial charge in [-0.2, -0.15) is 5.26 Å². The lowest BCUT2D eigenvalue weighted by molar-refractivity contribution is -0.121. The zero-order valence-corrected chi connectivity index (χ0v) is 17.9. The molecule has 1 aliphatic rings. The van der Waals surface area contributed by atoms with Gasteiger partial charge in [0.2, 0.25) is 5.91 Å². The molecule has 0 atom stereocenters. The number of benzene rings is 2. The second-order valence-electron chi connectivity index (χ2n) is 7.52. The van der Waals surface area contributed by atoms with E-state index >= 15 is 0 Å². The molecule has 0 aromatic heterocycles. The van der Waals surface area contributed by atoms with Crippen LogP contribution in [0.15, 0.2) is 36.4 Å². The summed E-state index contributed by atoms with van der Waals surface area (Å²) in [6.45, 7) is 0.216. The van der Waals surface area contributed by atoms with Crippen molar-refractivity contribution in [3.63, 3.8) is 0 Å². The fourth-order valence-electron chi connectivity index (χ4n) is 3.58. The van der Waals surface area contributed by atoms with E-state index in [4.69, 9.17) is 16.3 Å². The number of nitriles is 1. The van der Waals surface area contributed by atoms with Crippen molar-refractivity contribution in [2.45, 2.75) is 38.3 Å². The summed E-state index contributed by atoms with van der Waals surface area (Å²) in [4.78, 5) is 25.5. The maximum absolute atomic E-state index is 12.9. The lowest BCUT2D eigenvalue weighted by Gasteiger charge is -2.24. The third-order valence-corrected chi connectivity index (χ3v) is 5.68. The Balaban J connectivity index is 1.73. The highest BCUT2D eigenvalue weighted by Gasteiger charge is 2.26. The molecule has 2 aromatic rings. The van der Waals surface area contributed by atoms with Crippen molar-refractivity contribution in [1.82, 2.24) is 5.32 Å². The normalized spacial score (nSPS) is 18.0. The monoisotopic (exact) mass is 441 g/mol. The molecule has 0 heterocycles. The Morgan fingerprint density at radius 1 is 1.19 bits per heavy atom. The number of hydrogen-bond acceptors (Lipinski definition) is 5. The van der Waals surface area contributed by atoms with Gasteiger partial charge < -0.3 is 20.5 Å². The number of amides is 2. The summed E-state index contributed by atoms with van der Waals surface area (Å²) in [5.41, 5.74) is 1.65. The summed E-state index contributed by atoms with van der Waals surface area (Å²) in [6.07, 6.45) is 2.02. The van der Waals surface area contributed by atoms with E-state index in [0.29, 0.717) is 47.7 Å². The Labute approximate surface area is 186 Å². The lowest BCUT2D eigenvalue weighted by atomic mass is 9.87. The highest BCUT2D eigenvalue weighted by molar-refractivity contribution is 6.32. The van der Waals surface area contributed by atoms with Crippen LogP contribution < -0.4 is 15.4 Å². The summed E-state index contributed by atoms with van der Waals surface area (Å²) < 4.78 is 5.12. The molecule has 31 heavy (non-hydrogen) atoms. The number of methoxy groups -OCH3 is 1. The molecule has 7 nitrogen and oxygen atoms in total. The van der Waals surface area contributed by atoms with Gasteiger partial charge in [0.15, 0.2) is 0 Å². The van der Waals surface area contributed by atoms with E-state index in [2.05, 4.69) is 10.6 Å². The number of aliphatic hydroxyl groups is 1. The number of ether oxygens (including phenoxy) is 1. The van der Waals surface area contributed by atoms with Gasteiger partial charge in [-0.1, -0.05) is 17.7 Å². The van der Waals surface area contributed by atoms with Gasteiger partial charge in [-0.25, -0.2) is 0 Å². The van der Waals surface area contributed by atoms with Gasteiger partial charge >= 0.3 is 0 Å². The molecular weight excluding hydrogens is 418 g/mol. The van der Waals surface area contributed by atoms with Gasteiger partial charge in [-0.15, -0.1) is 0 Å². The van der Waals surface area contributed by atoms with Crippen LogP contribution in [-0.2, 0) is 11.3 Å². The van der Waals surface area contributed by atoms with Crippen LogP contribution in [-0.4, -0.2) is 30.1 Å². The molecule has 0 radical (unpaired) electrons. The summed E-state index contributed by atoms with van der Waals surface area (Å²) in [7, 11) is 1.52. The first-order valence-corrected chi connectivity index (χ1v) is 10.4. The van der Waals surface area contributed by atoms with Gasteiger partial charge in [-0.3, -0.25) is 9.59 Å². The summed E-state index contributed by atoms with van der Waals surface area (Å²) in [6, 6.07) is 11.8. The van der Waals surface area contributed by atoms with Crippen LogP contribution in [0.1, 0.15) is 47.2 Å². The maximum Gasteiger partial charge on any atom is 0.253 e. The van der Waals surface area contributed by atoms with Crippen LogP contribution >= 0.6 is 11.6 Å². The average Bonchev–Trinajstić information content (AvgIpc) is 2.78. The van der Waals surface area contributed by atoms with E-state index in [9.17, 15) is 20.0 Å². The third-order valence-electron chi connectivity index (χ3n) is 5.39. The Bertz CT molecular complexity index is 1010. The molecule has 1 fully saturated rings. The number of nitrogens with one attached hydrogen (secondary N) is 2. The SMILES string of the molecule is COc1ccc(CNC(=O)c2cc(C#N)ccc2NC(=O)C2CCC(O)CC2)cc1Cl. The summed E-state index contributed by atoms with van der Waals surface area (Å²) >= 11 is 6.13. The summed E-state index contributed by atoms with van der Waals surface area (Å²) in [5.74, 6) is -0.277. The Kier molecular flexibility index (Phi) is 7.50. The van der Waals surface area contributed by atoms with Crippen LogP contribution in [0.3, 0.4) is 0 Å². The number of hydrogen-bond donors (Lipinski definition) is 3. The smallest absolute Gasteiger partial charge is 0.253 e. The molecule has 2 amide bonds. The molecule has 2 aromatic carbocycles. The average molecular weight is 442 g/mol. The Morgan fingerprint density at radius 2 is 1.94 bits per heavy atom. The van der Waals surface area contributed by atoms with Crippen LogP contribution in [0.25, 0.3) is 0 Å². The standard InChI is InChI=1S/C23H24ClN3O4/c1-31-21-9-3-15(11-19(21)24)13-26-23(30)18-10-14(12-25)2-8-20(18)27-22(29)16-4-6-17(28)7-5-16/h2-3,8-11,16-17,28H,4-7,13H2,1H3,(H,26,30)(H,27,29). The van der Waals surface area contributed by atoms with Gasteiger partial charge in [0.05, 0.1) is 41.1 Å². The molecule has 0 spiro atoms. The van der Waals surface area contributed by atoms with Crippen molar-refractivity contribution >= 4 is 29.1 Å². The highest BCUT2D eigenvalue weighted by Crippen LogP contribution is 2.27. The first kappa shape index (κ1) is 22.6. The number of carbonyl (C=O) groups excluding carboxylic acids is 2. The fraction of sp³-hybridized carbons (Fsp3) is 0.348. The number of halogens is 1. The van der Waals surface area contributed by atoms with Gasteiger partial charge in [-0.05, 0) is 61.6 Å². The van der Waals surface area contributed by atoms with Crippen molar-refractivity contribution in [2.24, 2.45) is 5.92 Å². The zero-order valence-electron chi connectivity index (χ0n) is 17.2. The predicted octanol–water partition coefficient (Wildman–Crippen LogP) is 3.64. The minimum absolute atomic E-state index is 0.187. The van der Waals surface area contributed by atoms with Crippen molar-refractivity contribution in [3.05, 3.63) is 58.1 Å². The number of rotatable bonds is 6. The van der Waals surface area contributed by atoms with Crippen LogP contribution in [0.5, 0.6) is 5.75 Å². The summed E-state index contributed by atoms with van der Waals surface area (Å²) in [5, 5.41) is 24.9. The molecule has 0 aliphatic heterocycles. The number of carbonyl (C=O) groups is 2. The number of anilines is 1. The molecular formula is C23H24ClN3O4. The molecule has 0 bridgehead atoms. The molecule has 162 valence electrons. The molecule has 8 heteroatoms. The maximum atomic E-state index is 12.9. The first-order chi connectivity index (χ1) is 14.9. The largest absolute Gasteiger partial charge is 0.495 e. The third kappa shape index (κ3) is 5.75. The van der Waals surface area contributed by atoms with Crippen molar-refractivity contribution in [3.8, 4) is 11.8 Å². The van der Waals surface area contributed by atoms with Gasteiger partial charge in [0.1, 0.15) is 5.75 Å². The Morgan fingerprint density at radius 3 is 2.58 bits per heavy atom. The quantitative estimate of drug-likeness (QED) is 0.633. The molecule has 0 saturated heterocycles. The zero-order chi connectivity index (χ0) is 22.4. The Hall–Kier alpha value is -3.08. The first-order valence-electron chi connectivity index (χ1n) is 10.0. The van der Waals surface area contributed by atoms with Crippen molar-refractivity contribution < 1.29 is 19.4 Å². The van der Waals surface area contributed by atoms with Crippen LogP contribution in [0.2, 0.25) is 5.02 Å². The molecule has 1 saturated carbocycles. The molecule has 0 unspecified atom stereocenters. The molecule has 3 rings (SSSR count). The topological polar surface area (TPSA) is 111 Å². The fourth-order valence-corrected chi connectivity index (χ4v) is 3.86. The second-order valence-corrected chi connectivity index (χ2v) is 7.93.